The monoisotopic (exact) mass is 263 g/mol. The summed E-state index contributed by atoms with van der Waals surface area (Å²) in [6.45, 7) is 0. The molecular formula is C13H10ClNO3. The number of halogens is 1. The molecule has 0 unspecified atom stereocenters. The SMILES string of the molecule is O=C(O)CCc1nc2c(o1)-c1ccc(Cl)cc1C2. The summed E-state index contributed by atoms with van der Waals surface area (Å²) in [6, 6.07) is 5.63. The second-order valence-electron chi connectivity index (χ2n) is 4.26. The van der Waals surface area contributed by atoms with Crippen LogP contribution in [-0.4, -0.2) is 16.1 Å². The van der Waals surface area contributed by atoms with Gasteiger partial charge in [-0.1, -0.05) is 11.6 Å². The highest BCUT2D eigenvalue weighted by Gasteiger charge is 2.25. The molecule has 18 heavy (non-hydrogen) atoms. The number of hydrogen-bond donors (Lipinski definition) is 1. The first-order chi connectivity index (χ1) is 8.63. The van der Waals surface area contributed by atoms with Crippen LogP contribution in [0.2, 0.25) is 5.02 Å². The van der Waals surface area contributed by atoms with Crippen LogP contribution < -0.4 is 0 Å². The van der Waals surface area contributed by atoms with Gasteiger partial charge in [-0.25, -0.2) is 4.98 Å². The van der Waals surface area contributed by atoms with Crippen LogP contribution in [0.3, 0.4) is 0 Å². The summed E-state index contributed by atoms with van der Waals surface area (Å²) in [5.74, 6) is 0.394. The van der Waals surface area contributed by atoms with Crippen LogP contribution in [-0.2, 0) is 17.6 Å². The van der Waals surface area contributed by atoms with Gasteiger partial charge < -0.3 is 9.52 Å². The highest BCUT2D eigenvalue weighted by atomic mass is 35.5. The van der Waals surface area contributed by atoms with E-state index in [1.807, 2.05) is 18.2 Å². The van der Waals surface area contributed by atoms with E-state index in [0.717, 1.165) is 22.6 Å². The fraction of sp³-hybridized carbons (Fsp3) is 0.231. The lowest BCUT2D eigenvalue weighted by atomic mass is 10.1. The first-order valence-corrected chi connectivity index (χ1v) is 6.00. The van der Waals surface area contributed by atoms with E-state index in [9.17, 15) is 4.79 Å². The zero-order valence-electron chi connectivity index (χ0n) is 9.44. The van der Waals surface area contributed by atoms with Crippen LogP contribution in [0.25, 0.3) is 11.3 Å². The molecule has 0 aliphatic heterocycles. The zero-order valence-corrected chi connectivity index (χ0v) is 10.2. The predicted molar refractivity (Wildman–Crippen MR) is 65.7 cm³/mol. The number of rotatable bonds is 3. The van der Waals surface area contributed by atoms with Crippen molar-refractivity contribution in [2.45, 2.75) is 19.3 Å². The molecule has 3 rings (SSSR count). The summed E-state index contributed by atoms with van der Waals surface area (Å²) in [4.78, 5) is 14.8. The van der Waals surface area contributed by atoms with Gasteiger partial charge in [-0.2, -0.15) is 0 Å². The number of aryl methyl sites for hydroxylation is 1. The van der Waals surface area contributed by atoms with Crippen molar-refractivity contribution in [1.82, 2.24) is 4.98 Å². The first kappa shape index (κ1) is 11.3. The van der Waals surface area contributed by atoms with Gasteiger partial charge in [0.1, 0.15) is 0 Å². The molecule has 1 aromatic carbocycles. The van der Waals surface area contributed by atoms with Crippen LogP contribution >= 0.6 is 11.6 Å². The third-order valence-electron chi connectivity index (χ3n) is 2.96. The smallest absolute Gasteiger partial charge is 0.303 e. The zero-order chi connectivity index (χ0) is 12.7. The van der Waals surface area contributed by atoms with E-state index in [0.29, 0.717) is 23.8 Å². The number of nitrogens with zero attached hydrogens (tertiary/aromatic N) is 1. The molecule has 0 atom stereocenters. The lowest BCUT2D eigenvalue weighted by Crippen LogP contribution is -1.98. The number of benzene rings is 1. The number of aromatic nitrogens is 1. The van der Waals surface area contributed by atoms with E-state index < -0.39 is 5.97 Å². The molecule has 1 aliphatic carbocycles. The van der Waals surface area contributed by atoms with Gasteiger partial charge in [0.05, 0.1) is 12.1 Å². The van der Waals surface area contributed by atoms with Gasteiger partial charge in [0.2, 0.25) is 0 Å². The molecule has 0 saturated carbocycles. The summed E-state index contributed by atoms with van der Waals surface area (Å²) in [7, 11) is 0. The van der Waals surface area contributed by atoms with E-state index in [4.69, 9.17) is 21.1 Å². The standard InChI is InChI=1S/C13H10ClNO3/c14-8-1-2-9-7(5-8)6-10-13(9)18-11(15-10)3-4-12(16)17/h1-2,5H,3-4,6H2,(H,16,17). The van der Waals surface area contributed by atoms with Gasteiger partial charge in [-0.3, -0.25) is 4.79 Å². The topological polar surface area (TPSA) is 63.3 Å². The molecular weight excluding hydrogens is 254 g/mol. The van der Waals surface area contributed by atoms with Crippen molar-refractivity contribution in [3.8, 4) is 11.3 Å². The van der Waals surface area contributed by atoms with Crippen molar-refractivity contribution in [2.24, 2.45) is 0 Å². The van der Waals surface area contributed by atoms with Gasteiger partial charge in [-0.15, -0.1) is 0 Å². The van der Waals surface area contributed by atoms with Crippen molar-refractivity contribution in [2.75, 3.05) is 0 Å². The third-order valence-corrected chi connectivity index (χ3v) is 3.20. The number of oxazole rings is 1. The fourth-order valence-electron chi connectivity index (χ4n) is 2.16. The minimum atomic E-state index is -0.847. The quantitative estimate of drug-likeness (QED) is 0.789. The van der Waals surface area contributed by atoms with Crippen molar-refractivity contribution in [1.29, 1.82) is 0 Å². The molecule has 0 radical (unpaired) electrons. The summed E-state index contributed by atoms with van der Waals surface area (Å²) in [6.07, 6.45) is 1.06. The number of carbonyl (C=O) groups is 1. The van der Waals surface area contributed by atoms with Crippen molar-refractivity contribution in [3.63, 3.8) is 0 Å². The summed E-state index contributed by atoms with van der Waals surface area (Å²) in [5.41, 5.74) is 2.98. The molecule has 0 saturated heterocycles. The summed E-state index contributed by atoms with van der Waals surface area (Å²) >= 11 is 5.93. The van der Waals surface area contributed by atoms with Crippen molar-refractivity contribution < 1.29 is 14.3 Å². The Morgan fingerprint density at radius 3 is 3.11 bits per heavy atom. The van der Waals surface area contributed by atoms with Crippen LogP contribution in [0.1, 0.15) is 23.6 Å². The second kappa shape index (κ2) is 4.14. The van der Waals surface area contributed by atoms with E-state index >= 15 is 0 Å². The molecule has 1 aliphatic rings. The predicted octanol–water partition coefficient (Wildman–Crippen LogP) is 2.92. The van der Waals surface area contributed by atoms with Gasteiger partial charge in [-0.05, 0) is 23.8 Å². The van der Waals surface area contributed by atoms with Gasteiger partial charge in [0.15, 0.2) is 11.7 Å². The molecule has 0 amide bonds. The lowest BCUT2D eigenvalue weighted by molar-refractivity contribution is -0.137. The van der Waals surface area contributed by atoms with Crippen molar-refractivity contribution >= 4 is 17.6 Å². The normalized spacial score (nSPS) is 12.3. The third kappa shape index (κ3) is 1.88. The number of fused-ring (bicyclic) bond motifs is 3. The van der Waals surface area contributed by atoms with Gasteiger partial charge >= 0.3 is 5.97 Å². The Bertz CT molecular complexity index is 633. The van der Waals surface area contributed by atoms with Gasteiger partial charge in [0, 0.05) is 23.4 Å². The van der Waals surface area contributed by atoms with E-state index in [1.54, 1.807) is 0 Å². The highest BCUT2D eigenvalue weighted by molar-refractivity contribution is 6.30. The number of carboxylic acid groups (broad SMARTS) is 1. The molecule has 92 valence electrons. The van der Waals surface area contributed by atoms with E-state index in [-0.39, 0.29) is 6.42 Å². The lowest BCUT2D eigenvalue weighted by Gasteiger charge is -1.99. The molecule has 0 fully saturated rings. The number of carboxylic acids is 1. The molecule has 0 spiro atoms. The highest BCUT2D eigenvalue weighted by Crippen LogP contribution is 2.38. The molecule has 1 aromatic heterocycles. The Kier molecular flexibility index (Phi) is 2.59. The molecule has 4 nitrogen and oxygen atoms in total. The van der Waals surface area contributed by atoms with Crippen molar-refractivity contribution in [3.05, 3.63) is 40.4 Å². The van der Waals surface area contributed by atoms with E-state index in [1.165, 1.54) is 0 Å². The first-order valence-electron chi connectivity index (χ1n) is 5.62. The molecule has 0 bridgehead atoms. The average molecular weight is 264 g/mol. The Labute approximate surface area is 108 Å². The summed E-state index contributed by atoms with van der Waals surface area (Å²) in [5, 5.41) is 9.33. The largest absolute Gasteiger partial charge is 0.481 e. The Morgan fingerprint density at radius 2 is 2.33 bits per heavy atom. The summed E-state index contributed by atoms with van der Waals surface area (Å²) < 4.78 is 5.63. The molecule has 5 heteroatoms. The second-order valence-corrected chi connectivity index (χ2v) is 4.69. The maximum absolute atomic E-state index is 10.5. The molecule has 1 heterocycles. The van der Waals surface area contributed by atoms with Crippen LogP contribution in [0.15, 0.2) is 22.6 Å². The maximum atomic E-state index is 10.5. The van der Waals surface area contributed by atoms with Crippen LogP contribution in [0, 0.1) is 0 Å². The minimum absolute atomic E-state index is 0.0346. The Balaban J connectivity index is 1.91. The molecule has 2 aromatic rings. The maximum Gasteiger partial charge on any atom is 0.303 e. The number of aliphatic carboxylic acids is 1. The fourth-order valence-corrected chi connectivity index (χ4v) is 2.36. The average Bonchev–Trinajstić information content (AvgIpc) is 2.82. The number of hydrogen-bond acceptors (Lipinski definition) is 3. The van der Waals surface area contributed by atoms with Crippen LogP contribution in [0.4, 0.5) is 0 Å². The van der Waals surface area contributed by atoms with Crippen LogP contribution in [0.5, 0.6) is 0 Å². The van der Waals surface area contributed by atoms with Gasteiger partial charge in [0.25, 0.3) is 0 Å². The molecule has 1 N–H and O–H groups in total. The minimum Gasteiger partial charge on any atom is -0.481 e. The Hall–Kier alpha value is -1.81. The Morgan fingerprint density at radius 1 is 1.50 bits per heavy atom. The van der Waals surface area contributed by atoms with E-state index in [2.05, 4.69) is 4.98 Å².